The molecule has 2 N–H and O–H groups in total. The summed E-state index contributed by atoms with van der Waals surface area (Å²) in [5, 5.41) is 0. The number of primary amides is 1. The molecule has 5 nitrogen and oxygen atoms in total. The lowest BCUT2D eigenvalue weighted by Gasteiger charge is -2.20. The standard InChI is InChI=1S/C6H12N2O3S/c1-8(6(7)9)5-2-3-12(10,11)4-5/h5H,2-4H2,1H3,(H2,7,9). The van der Waals surface area contributed by atoms with E-state index in [-0.39, 0.29) is 17.5 Å². The van der Waals surface area contributed by atoms with Crippen molar-refractivity contribution in [2.75, 3.05) is 18.6 Å². The van der Waals surface area contributed by atoms with Crippen LogP contribution in [0.5, 0.6) is 0 Å². The number of amides is 2. The van der Waals surface area contributed by atoms with Crippen LogP contribution in [0.2, 0.25) is 0 Å². The van der Waals surface area contributed by atoms with E-state index < -0.39 is 15.9 Å². The monoisotopic (exact) mass is 192 g/mol. The van der Waals surface area contributed by atoms with Crippen molar-refractivity contribution in [2.45, 2.75) is 12.5 Å². The van der Waals surface area contributed by atoms with Gasteiger partial charge in [0, 0.05) is 13.1 Å². The zero-order valence-corrected chi connectivity index (χ0v) is 7.67. The van der Waals surface area contributed by atoms with Gasteiger partial charge in [0.15, 0.2) is 9.84 Å². The Kier molecular flexibility index (Phi) is 2.27. The summed E-state index contributed by atoms with van der Waals surface area (Å²) >= 11 is 0. The van der Waals surface area contributed by atoms with Crippen molar-refractivity contribution in [3.8, 4) is 0 Å². The maximum atomic E-state index is 11.0. The molecule has 70 valence electrons. The Labute approximate surface area is 71.4 Å². The Bertz CT molecular complexity index is 285. The second-order valence-corrected chi connectivity index (χ2v) is 5.23. The van der Waals surface area contributed by atoms with Gasteiger partial charge in [-0.05, 0) is 6.42 Å². The van der Waals surface area contributed by atoms with Gasteiger partial charge in [-0.2, -0.15) is 0 Å². The zero-order valence-electron chi connectivity index (χ0n) is 6.86. The van der Waals surface area contributed by atoms with Gasteiger partial charge in [0.2, 0.25) is 0 Å². The van der Waals surface area contributed by atoms with E-state index in [1.54, 1.807) is 0 Å². The molecule has 1 unspecified atom stereocenters. The highest BCUT2D eigenvalue weighted by molar-refractivity contribution is 7.91. The first-order chi connectivity index (χ1) is 5.42. The first-order valence-corrected chi connectivity index (χ1v) is 5.47. The molecule has 0 aromatic carbocycles. The smallest absolute Gasteiger partial charge is 0.314 e. The van der Waals surface area contributed by atoms with Gasteiger partial charge >= 0.3 is 6.03 Å². The van der Waals surface area contributed by atoms with Crippen LogP contribution >= 0.6 is 0 Å². The fourth-order valence-electron chi connectivity index (χ4n) is 1.26. The number of hydrogen-bond acceptors (Lipinski definition) is 3. The normalized spacial score (nSPS) is 26.9. The van der Waals surface area contributed by atoms with E-state index in [9.17, 15) is 13.2 Å². The van der Waals surface area contributed by atoms with Gasteiger partial charge in [-0.3, -0.25) is 0 Å². The summed E-state index contributed by atoms with van der Waals surface area (Å²) in [4.78, 5) is 11.9. The van der Waals surface area contributed by atoms with Gasteiger partial charge in [-0.15, -0.1) is 0 Å². The summed E-state index contributed by atoms with van der Waals surface area (Å²) in [5.74, 6) is 0.210. The molecule has 1 aliphatic heterocycles. The topological polar surface area (TPSA) is 80.5 Å². The van der Waals surface area contributed by atoms with E-state index in [1.807, 2.05) is 0 Å². The largest absolute Gasteiger partial charge is 0.351 e. The van der Waals surface area contributed by atoms with E-state index in [4.69, 9.17) is 5.73 Å². The lowest BCUT2D eigenvalue weighted by atomic mass is 10.2. The van der Waals surface area contributed by atoms with Crippen LogP contribution in [0, 0.1) is 0 Å². The number of nitrogens with two attached hydrogens (primary N) is 1. The summed E-state index contributed by atoms with van der Waals surface area (Å²) in [7, 11) is -1.40. The highest BCUT2D eigenvalue weighted by atomic mass is 32.2. The molecular formula is C6H12N2O3S. The summed E-state index contributed by atoms with van der Waals surface area (Å²) in [5.41, 5.74) is 5.00. The van der Waals surface area contributed by atoms with Crippen molar-refractivity contribution in [1.29, 1.82) is 0 Å². The lowest BCUT2D eigenvalue weighted by Crippen LogP contribution is -2.41. The minimum Gasteiger partial charge on any atom is -0.351 e. The highest BCUT2D eigenvalue weighted by Crippen LogP contribution is 2.15. The Morgan fingerprint density at radius 1 is 1.58 bits per heavy atom. The van der Waals surface area contributed by atoms with Gasteiger partial charge in [0.05, 0.1) is 11.5 Å². The van der Waals surface area contributed by atoms with Crippen molar-refractivity contribution >= 4 is 15.9 Å². The molecule has 0 saturated carbocycles. The van der Waals surface area contributed by atoms with Crippen LogP contribution in [0.1, 0.15) is 6.42 Å². The third-order valence-corrected chi connectivity index (χ3v) is 3.85. The predicted octanol–water partition coefficient (Wildman–Crippen LogP) is -0.816. The average Bonchev–Trinajstić information content (AvgIpc) is 2.28. The first-order valence-electron chi connectivity index (χ1n) is 3.65. The number of carbonyl (C=O) groups excluding carboxylic acids is 1. The molecule has 2 amide bonds. The second kappa shape index (κ2) is 2.93. The number of sulfone groups is 1. The molecular weight excluding hydrogens is 180 g/mol. The number of carbonyl (C=O) groups is 1. The van der Waals surface area contributed by atoms with Gasteiger partial charge in [0.25, 0.3) is 0 Å². The van der Waals surface area contributed by atoms with Crippen LogP contribution in [0.25, 0.3) is 0 Å². The van der Waals surface area contributed by atoms with Crippen molar-refractivity contribution in [1.82, 2.24) is 4.90 Å². The van der Waals surface area contributed by atoms with Crippen molar-refractivity contribution < 1.29 is 13.2 Å². The Morgan fingerprint density at radius 2 is 2.17 bits per heavy atom. The van der Waals surface area contributed by atoms with Gasteiger partial charge < -0.3 is 10.6 Å². The summed E-state index contributed by atoms with van der Waals surface area (Å²) < 4.78 is 22.0. The molecule has 6 heteroatoms. The SMILES string of the molecule is CN(C(N)=O)C1CCS(=O)(=O)C1. The van der Waals surface area contributed by atoms with Crippen molar-refractivity contribution in [3.63, 3.8) is 0 Å². The molecule has 0 aliphatic carbocycles. The van der Waals surface area contributed by atoms with Crippen LogP contribution in [-0.2, 0) is 9.84 Å². The average molecular weight is 192 g/mol. The minimum atomic E-state index is -2.92. The van der Waals surface area contributed by atoms with Crippen LogP contribution < -0.4 is 5.73 Å². The Hall–Kier alpha value is -0.780. The molecule has 0 bridgehead atoms. The molecule has 1 atom stereocenters. The van der Waals surface area contributed by atoms with E-state index >= 15 is 0 Å². The minimum absolute atomic E-state index is 0.0481. The quantitative estimate of drug-likeness (QED) is 0.589. The van der Waals surface area contributed by atoms with E-state index in [0.29, 0.717) is 6.42 Å². The molecule has 0 radical (unpaired) electrons. The summed E-state index contributed by atoms with van der Waals surface area (Å²) in [6.45, 7) is 0. The zero-order chi connectivity index (χ0) is 9.35. The predicted molar refractivity (Wildman–Crippen MR) is 44.4 cm³/mol. The maximum Gasteiger partial charge on any atom is 0.314 e. The van der Waals surface area contributed by atoms with Gasteiger partial charge in [-0.1, -0.05) is 0 Å². The first kappa shape index (κ1) is 9.31. The highest BCUT2D eigenvalue weighted by Gasteiger charge is 2.31. The number of rotatable bonds is 1. The van der Waals surface area contributed by atoms with Gasteiger partial charge in [0.1, 0.15) is 0 Å². The van der Waals surface area contributed by atoms with Crippen LogP contribution in [0.4, 0.5) is 4.79 Å². The molecule has 0 spiro atoms. The number of nitrogens with zero attached hydrogens (tertiary/aromatic N) is 1. The van der Waals surface area contributed by atoms with E-state index in [2.05, 4.69) is 0 Å². The maximum absolute atomic E-state index is 11.0. The number of urea groups is 1. The molecule has 0 aromatic heterocycles. The van der Waals surface area contributed by atoms with E-state index in [1.165, 1.54) is 11.9 Å². The molecule has 1 rings (SSSR count). The Morgan fingerprint density at radius 3 is 2.50 bits per heavy atom. The third kappa shape index (κ3) is 1.88. The molecule has 1 heterocycles. The van der Waals surface area contributed by atoms with Crippen molar-refractivity contribution in [3.05, 3.63) is 0 Å². The fraction of sp³-hybridized carbons (Fsp3) is 0.833. The van der Waals surface area contributed by atoms with Gasteiger partial charge in [-0.25, -0.2) is 13.2 Å². The Balaban J connectivity index is 2.64. The molecule has 12 heavy (non-hydrogen) atoms. The molecule has 1 fully saturated rings. The lowest BCUT2D eigenvalue weighted by molar-refractivity contribution is 0.205. The third-order valence-electron chi connectivity index (χ3n) is 2.10. The molecule has 0 aromatic rings. The van der Waals surface area contributed by atoms with Crippen molar-refractivity contribution in [2.24, 2.45) is 5.73 Å². The van der Waals surface area contributed by atoms with Crippen LogP contribution in [0.3, 0.4) is 0 Å². The van der Waals surface area contributed by atoms with Crippen LogP contribution in [0.15, 0.2) is 0 Å². The molecule has 1 aliphatic rings. The molecule has 1 saturated heterocycles. The summed E-state index contributed by atoms with van der Waals surface area (Å²) in [6, 6.07) is -0.801. The summed E-state index contributed by atoms with van der Waals surface area (Å²) in [6.07, 6.45) is 0.502. The number of hydrogen-bond donors (Lipinski definition) is 1. The second-order valence-electron chi connectivity index (χ2n) is 3.01. The van der Waals surface area contributed by atoms with Crippen LogP contribution in [-0.4, -0.2) is 43.9 Å². The van der Waals surface area contributed by atoms with E-state index in [0.717, 1.165) is 0 Å². The fourth-order valence-corrected chi connectivity index (χ4v) is 3.04.